The van der Waals surface area contributed by atoms with E-state index >= 15 is 0 Å². The second-order valence-electron chi connectivity index (χ2n) is 4.48. The predicted octanol–water partition coefficient (Wildman–Crippen LogP) is 1.37. The van der Waals surface area contributed by atoms with E-state index in [0.29, 0.717) is 0 Å². The Kier molecular flexibility index (Phi) is 2.97. The maximum absolute atomic E-state index is 4.40. The Morgan fingerprint density at radius 1 is 1.19 bits per heavy atom. The van der Waals surface area contributed by atoms with E-state index in [-0.39, 0.29) is 0 Å². The van der Waals surface area contributed by atoms with Crippen LogP contribution in [0.5, 0.6) is 0 Å². The van der Waals surface area contributed by atoms with Crippen molar-refractivity contribution in [2.45, 2.75) is 18.9 Å². The van der Waals surface area contributed by atoms with Gasteiger partial charge in [0.2, 0.25) is 5.95 Å². The third kappa shape index (κ3) is 2.02. The minimum Gasteiger partial charge on any atom is -0.338 e. The number of piperazine rings is 1. The predicted molar refractivity (Wildman–Crippen MR) is 71.6 cm³/mol. The van der Waals surface area contributed by atoms with Crippen LogP contribution in [0.1, 0.15) is 12.8 Å². The summed E-state index contributed by atoms with van der Waals surface area (Å²) in [6.07, 6.45) is 6.47. The first-order valence-electron chi connectivity index (χ1n) is 5.79. The van der Waals surface area contributed by atoms with E-state index in [1.54, 1.807) is 0 Å². The maximum Gasteiger partial charge on any atom is 0.225 e. The number of anilines is 1. The molecule has 0 spiro atoms. The quantitative estimate of drug-likeness (QED) is 0.728. The normalized spacial score (nSPS) is 25.8. The molecule has 4 nitrogen and oxygen atoms in total. The van der Waals surface area contributed by atoms with Crippen molar-refractivity contribution in [2.24, 2.45) is 0 Å². The van der Waals surface area contributed by atoms with Gasteiger partial charge in [0.1, 0.15) is 0 Å². The topological polar surface area (TPSA) is 32.3 Å². The second-order valence-corrected chi connectivity index (χ2v) is 5.72. The minimum absolute atomic E-state index is 0.733. The summed E-state index contributed by atoms with van der Waals surface area (Å²) in [6.45, 7) is 4.61. The van der Waals surface area contributed by atoms with E-state index in [9.17, 15) is 0 Å². The molecule has 0 aromatic carbocycles. The summed E-state index contributed by atoms with van der Waals surface area (Å²) in [6, 6.07) is 0.733. The molecule has 16 heavy (non-hydrogen) atoms. The second kappa shape index (κ2) is 4.44. The summed E-state index contributed by atoms with van der Waals surface area (Å²) >= 11 is 2.24. The molecule has 2 fully saturated rings. The molecule has 0 aliphatic carbocycles. The number of nitrogens with zero attached hydrogens (tertiary/aromatic N) is 4. The molecule has 1 unspecified atom stereocenters. The molecule has 0 saturated carbocycles. The average molecular weight is 330 g/mol. The zero-order valence-corrected chi connectivity index (χ0v) is 11.3. The van der Waals surface area contributed by atoms with Crippen LogP contribution in [0.3, 0.4) is 0 Å². The van der Waals surface area contributed by atoms with Crippen LogP contribution in [0, 0.1) is 3.57 Å². The lowest BCUT2D eigenvalue weighted by atomic mass is 10.2. The van der Waals surface area contributed by atoms with E-state index in [0.717, 1.165) is 28.6 Å². The van der Waals surface area contributed by atoms with Crippen molar-refractivity contribution < 1.29 is 0 Å². The Hall–Kier alpha value is -0.430. The lowest BCUT2D eigenvalue weighted by Gasteiger charge is -2.37. The highest BCUT2D eigenvalue weighted by molar-refractivity contribution is 14.1. The van der Waals surface area contributed by atoms with Gasteiger partial charge >= 0.3 is 0 Å². The molecule has 2 saturated heterocycles. The molecule has 0 bridgehead atoms. The van der Waals surface area contributed by atoms with Gasteiger partial charge in [0.25, 0.3) is 0 Å². The molecule has 86 valence electrons. The summed E-state index contributed by atoms with van der Waals surface area (Å²) < 4.78 is 1.10. The Bertz CT molecular complexity index is 367. The van der Waals surface area contributed by atoms with E-state index < -0.39 is 0 Å². The number of fused-ring (bicyclic) bond motifs is 1. The fourth-order valence-corrected chi connectivity index (χ4v) is 2.92. The number of rotatable bonds is 1. The van der Waals surface area contributed by atoms with Crippen molar-refractivity contribution >= 4 is 28.5 Å². The third-order valence-corrected chi connectivity index (χ3v) is 4.03. The SMILES string of the molecule is Ic1cnc(N2CCN3CCCC3C2)nc1. The first-order valence-corrected chi connectivity index (χ1v) is 6.87. The molecule has 1 aromatic rings. The van der Waals surface area contributed by atoms with Gasteiger partial charge in [-0.15, -0.1) is 0 Å². The fraction of sp³-hybridized carbons (Fsp3) is 0.636. The van der Waals surface area contributed by atoms with E-state index in [1.807, 2.05) is 12.4 Å². The van der Waals surface area contributed by atoms with Gasteiger partial charge in [0, 0.05) is 41.6 Å². The molecule has 2 aliphatic rings. The molecular formula is C11H15IN4. The van der Waals surface area contributed by atoms with Gasteiger partial charge in [-0.05, 0) is 42.0 Å². The van der Waals surface area contributed by atoms with Crippen molar-refractivity contribution in [1.29, 1.82) is 0 Å². The highest BCUT2D eigenvalue weighted by atomic mass is 127. The van der Waals surface area contributed by atoms with Gasteiger partial charge < -0.3 is 4.90 Å². The molecule has 0 N–H and O–H groups in total. The monoisotopic (exact) mass is 330 g/mol. The van der Waals surface area contributed by atoms with Crippen molar-refractivity contribution in [3.8, 4) is 0 Å². The summed E-state index contributed by atoms with van der Waals surface area (Å²) in [5.74, 6) is 0.895. The zero-order valence-electron chi connectivity index (χ0n) is 9.14. The van der Waals surface area contributed by atoms with Crippen molar-refractivity contribution in [1.82, 2.24) is 14.9 Å². The molecule has 1 aromatic heterocycles. The molecule has 3 rings (SSSR count). The number of hydrogen-bond donors (Lipinski definition) is 0. The van der Waals surface area contributed by atoms with Crippen LogP contribution in [-0.2, 0) is 0 Å². The van der Waals surface area contributed by atoms with Gasteiger partial charge in [-0.2, -0.15) is 0 Å². The highest BCUT2D eigenvalue weighted by Crippen LogP contribution is 2.23. The van der Waals surface area contributed by atoms with Gasteiger partial charge in [0.05, 0.1) is 0 Å². The lowest BCUT2D eigenvalue weighted by molar-refractivity contribution is 0.229. The van der Waals surface area contributed by atoms with Crippen LogP contribution in [0.15, 0.2) is 12.4 Å². The minimum atomic E-state index is 0.733. The Morgan fingerprint density at radius 3 is 2.81 bits per heavy atom. The lowest BCUT2D eigenvalue weighted by Crippen LogP contribution is -2.50. The summed E-state index contributed by atoms with van der Waals surface area (Å²) in [7, 11) is 0. The standard InChI is InChI=1S/C11H15IN4/c12-9-6-13-11(14-7-9)16-5-4-15-3-1-2-10(15)8-16/h6-7,10H,1-5,8H2. The Balaban J connectivity index is 1.74. The van der Waals surface area contributed by atoms with Gasteiger partial charge in [-0.25, -0.2) is 9.97 Å². The van der Waals surface area contributed by atoms with Crippen molar-refractivity contribution in [3.63, 3.8) is 0 Å². The van der Waals surface area contributed by atoms with Crippen molar-refractivity contribution in [2.75, 3.05) is 31.1 Å². The fourth-order valence-electron chi connectivity index (χ4n) is 2.64. The van der Waals surface area contributed by atoms with Crippen LogP contribution in [0.25, 0.3) is 0 Å². The van der Waals surface area contributed by atoms with E-state index in [2.05, 4.69) is 42.4 Å². The van der Waals surface area contributed by atoms with E-state index in [4.69, 9.17) is 0 Å². The number of hydrogen-bond acceptors (Lipinski definition) is 4. The molecule has 0 radical (unpaired) electrons. The van der Waals surface area contributed by atoms with Gasteiger partial charge in [-0.1, -0.05) is 0 Å². The highest BCUT2D eigenvalue weighted by Gasteiger charge is 2.31. The van der Waals surface area contributed by atoms with Crippen LogP contribution in [0.2, 0.25) is 0 Å². The summed E-state index contributed by atoms with van der Waals surface area (Å²) in [5.41, 5.74) is 0. The molecule has 3 heterocycles. The van der Waals surface area contributed by atoms with Crippen LogP contribution < -0.4 is 4.90 Å². The Morgan fingerprint density at radius 2 is 2.00 bits per heavy atom. The first-order chi connectivity index (χ1) is 7.83. The molecule has 5 heteroatoms. The summed E-state index contributed by atoms with van der Waals surface area (Å²) in [4.78, 5) is 13.7. The van der Waals surface area contributed by atoms with Gasteiger partial charge in [0.15, 0.2) is 0 Å². The molecule has 2 aliphatic heterocycles. The summed E-state index contributed by atoms with van der Waals surface area (Å²) in [5, 5.41) is 0. The third-order valence-electron chi connectivity index (χ3n) is 3.48. The zero-order chi connectivity index (χ0) is 11.0. The molecule has 1 atom stereocenters. The number of aromatic nitrogens is 2. The van der Waals surface area contributed by atoms with Gasteiger partial charge in [-0.3, -0.25) is 4.90 Å². The molecular weight excluding hydrogens is 315 g/mol. The van der Waals surface area contributed by atoms with Crippen LogP contribution in [0.4, 0.5) is 5.95 Å². The molecule has 0 amide bonds. The number of halogens is 1. The largest absolute Gasteiger partial charge is 0.338 e. The van der Waals surface area contributed by atoms with Crippen LogP contribution >= 0.6 is 22.6 Å². The Labute approximate surface area is 109 Å². The first kappa shape index (κ1) is 10.7. The van der Waals surface area contributed by atoms with Crippen molar-refractivity contribution in [3.05, 3.63) is 16.0 Å². The average Bonchev–Trinajstić information content (AvgIpc) is 2.77. The maximum atomic E-state index is 4.40. The van der Waals surface area contributed by atoms with Crippen LogP contribution in [-0.4, -0.2) is 47.1 Å². The van der Waals surface area contributed by atoms with E-state index in [1.165, 1.54) is 25.9 Å². The smallest absolute Gasteiger partial charge is 0.225 e.